The Morgan fingerprint density at radius 2 is 1.83 bits per heavy atom. The second-order valence-corrected chi connectivity index (χ2v) is 7.58. The first-order valence-electron chi connectivity index (χ1n) is 10.5. The third-order valence-electron chi connectivity index (χ3n) is 5.42. The summed E-state index contributed by atoms with van der Waals surface area (Å²) in [7, 11) is 1.87. The third kappa shape index (κ3) is 5.37. The lowest BCUT2D eigenvalue weighted by atomic mass is 9.94. The van der Waals surface area contributed by atoms with Gasteiger partial charge in [-0.15, -0.1) is 0 Å². The van der Waals surface area contributed by atoms with Crippen molar-refractivity contribution in [3.63, 3.8) is 0 Å². The highest BCUT2D eigenvalue weighted by Gasteiger charge is 2.25. The summed E-state index contributed by atoms with van der Waals surface area (Å²) in [4.78, 5) is 27.7. The Kier molecular flexibility index (Phi) is 7.28. The van der Waals surface area contributed by atoms with Gasteiger partial charge in [0, 0.05) is 18.7 Å². The fourth-order valence-electron chi connectivity index (χ4n) is 3.74. The van der Waals surface area contributed by atoms with Crippen LogP contribution in [0.15, 0.2) is 48.5 Å². The van der Waals surface area contributed by atoms with Crippen LogP contribution in [0.3, 0.4) is 0 Å². The van der Waals surface area contributed by atoms with E-state index in [1.807, 2.05) is 37.1 Å². The Hall–Kier alpha value is -2.82. The zero-order valence-corrected chi connectivity index (χ0v) is 17.3. The van der Waals surface area contributed by atoms with Crippen molar-refractivity contribution >= 4 is 17.5 Å². The van der Waals surface area contributed by atoms with Crippen LogP contribution in [0, 0.1) is 0 Å². The summed E-state index contributed by atoms with van der Waals surface area (Å²) < 4.78 is 5.62. The largest absolute Gasteiger partial charge is 0.494 e. The molecule has 3 rings (SSSR count). The van der Waals surface area contributed by atoms with Crippen LogP contribution in [-0.2, 0) is 0 Å². The van der Waals surface area contributed by atoms with Gasteiger partial charge >= 0.3 is 0 Å². The molecule has 2 aromatic rings. The molecule has 0 bridgehead atoms. The standard InChI is InChI=1S/C24H30N2O3/c1-3-16-29-20-13-9-10-18(17-20)23(27)25-22-15-8-7-14-21(22)24(28)26(2)19-11-5-4-6-12-19/h7-10,13-15,17,19H,3-6,11-12,16H2,1-2H3,(H,25,27). The summed E-state index contributed by atoms with van der Waals surface area (Å²) in [5.41, 5.74) is 1.55. The maximum atomic E-state index is 13.1. The third-order valence-corrected chi connectivity index (χ3v) is 5.42. The van der Waals surface area contributed by atoms with E-state index in [9.17, 15) is 9.59 Å². The van der Waals surface area contributed by atoms with Crippen molar-refractivity contribution in [1.29, 1.82) is 0 Å². The summed E-state index contributed by atoms with van der Waals surface area (Å²) in [5, 5.41) is 2.91. The fraction of sp³-hybridized carbons (Fsp3) is 0.417. The second-order valence-electron chi connectivity index (χ2n) is 7.58. The smallest absolute Gasteiger partial charge is 0.255 e. The van der Waals surface area contributed by atoms with Crippen molar-refractivity contribution in [2.45, 2.75) is 51.5 Å². The van der Waals surface area contributed by atoms with E-state index in [4.69, 9.17) is 4.74 Å². The molecule has 0 aliphatic heterocycles. The molecule has 29 heavy (non-hydrogen) atoms. The zero-order chi connectivity index (χ0) is 20.6. The van der Waals surface area contributed by atoms with E-state index in [0.717, 1.165) is 32.1 Å². The second kappa shape index (κ2) is 10.1. The lowest BCUT2D eigenvalue weighted by Gasteiger charge is -2.31. The summed E-state index contributed by atoms with van der Waals surface area (Å²) in [6.45, 7) is 2.64. The Labute approximate surface area is 173 Å². The van der Waals surface area contributed by atoms with Crippen LogP contribution in [0.25, 0.3) is 0 Å². The molecule has 1 N–H and O–H groups in total. The number of carbonyl (C=O) groups is 2. The first-order chi connectivity index (χ1) is 14.1. The maximum Gasteiger partial charge on any atom is 0.255 e. The molecule has 0 spiro atoms. The number of hydrogen-bond acceptors (Lipinski definition) is 3. The van der Waals surface area contributed by atoms with E-state index in [0.29, 0.717) is 29.2 Å². The molecule has 2 aromatic carbocycles. The molecule has 5 nitrogen and oxygen atoms in total. The SMILES string of the molecule is CCCOc1cccc(C(=O)Nc2ccccc2C(=O)N(C)C2CCCCC2)c1. The summed E-state index contributed by atoms with van der Waals surface area (Å²) in [6.07, 6.45) is 6.56. The Bertz CT molecular complexity index is 844. The number of ether oxygens (including phenoxy) is 1. The number of nitrogens with zero attached hydrogens (tertiary/aromatic N) is 1. The van der Waals surface area contributed by atoms with Crippen LogP contribution in [0.5, 0.6) is 5.75 Å². The molecule has 1 saturated carbocycles. The summed E-state index contributed by atoms with van der Waals surface area (Å²) >= 11 is 0. The van der Waals surface area contributed by atoms with Crippen LogP contribution in [0.4, 0.5) is 5.69 Å². The number of carbonyl (C=O) groups excluding carboxylic acids is 2. The van der Waals surface area contributed by atoms with Gasteiger partial charge in [-0.25, -0.2) is 0 Å². The number of para-hydroxylation sites is 1. The average Bonchev–Trinajstić information content (AvgIpc) is 2.78. The molecule has 0 unspecified atom stereocenters. The number of rotatable bonds is 7. The van der Waals surface area contributed by atoms with Crippen LogP contribution < -0.4 is 10.1 Å². The number of nitrogens with one attached hydrogen (secondary N) is 1. The predicted molar refractivity (Wildman–Crippen MR) is 116 cm³/mol. The van der Waals surface area contributed by atoms with Gasteiger partial charge in [0.1, 0.15) is 5.75 Å². The van der Waals surface area contributed by atoms with Gasteiger partial charge in [-0.3, -0.25) is 9.59 Å². The van der Waals surface area contributed by atoms with Crippen molar-refractivity contribution in [3.8, 4) is 5.75 Å². The molecule has 0 aromatic heterocycles. The van der Waals surface area contributed by atoms with E-state index in [1.165, 1.54) is 6.42 Å². The van der Waals surface area contributed by atoms with Crippen LogP contribution in [-0.4, -0.2) is 36.4 Å². The van der Waals surface area contributed by atoms with Gasteiger partial charge in [0.25, 0.3) is 11.8 Å². The quantitative estimate of drug-likeness (QED) is 0.708. The molecule has 1 aliphatic carbocycles. The highest BCUT2D eigenvalue weighted by Crippen LogP contribution is 2.25. The lowest BCUT2D eigenvalue weighted by Crippen LogP contribution is -2.38. The lowest BCUT2D eigenvalue weighted by molar-refractivity contribution is 0.0697. The average molecular weight is 395 g/mol. The molecule has 154 valence electrons. The monoisotopic (exact) mass is 394 g/mol. The van der Waals surface area contributed by atoms with Crippen LogP contribution in [0.1, 0.15) is 66.2 Å². The normalized spacial score (nSPS) is 14.3. The topological polar surface area (TPSA) is 58.6 Å². The van der Waals surface area contributed by atoms with E-state index >= 15 is 0 Å². The van der Waals surface area contributed by atoms with Crippen molar-refractivity contribution in [2.24, 2.45) is 0 Å². The van der Waals surface area contributed by atoms with Crippen molar-refractivity contribution in [2.75, 3.05) is 19.0 Å². The van der Waals surface area contributed by atoms with Crippen LogP contribution in [0.2, 0.25) is 0 Å². The molecule has 5 heteroatoms. The van der Waals surface area contributed by atoms with Gasteiger partial charge < -0.3 is 15.0 Å². The van der Waals surface area contributed by atoms with E-state index < -0.39 is 0 Å². The zero-order valence-electron chi connectivity index (χ0n) is 17.3. The van der Waals surface area contributed by atoms with E-state index in [-0.39, 0.29) is 17.9 Å². The summed E-state index contributed by atoms with van der Waals surface area (Å²) in [6, 6.07) is 14.6. The van der Waals surface area contributed by atoms with E-state index in [2.05, 4.69) is 5.32 Å². The van der Waals surface area contributed by atoms with Gasteiger partial charge in [-0.05, 0) is 49.6 Å². The highest BCUT2D eigenvalue weighted by molar-refractivity contribution is 6.09. The molecule has 0 heterocycles. The Morgan fingerprint density at radius 3 is 2.59 bits per heavy atom. The number of benzene rings is 2. The molecule has 1 aliphatic rings. The maximum absolute atomic E-state index is 13.1. The van der Waals surface area contributed by atoms with E-state index in [1.54, 1.807) is 30.3 Å². The van der Waals surface area contributed by atoms with Gasteiger partial charge in [0.2, 0.25) is 0 Å². The first kappa shape index (κ1) is 20.9. The molecule has 0 atom stereocenters. The minimum Gasteiger partial charge on any atom is -0.494 e. The van der Waals surface area contributed by atoms with Gasteiger partial charge in [0.15, 0.2) is 0 Å². The van der Waals surface area contributed by atoms with Gasteiger partial charge in [0.05, 0.1) is 17.9 Å². The van der Waals surface area contributed by atoms with Gasteiger partial charge in [-0.2, -0.15) is 0 Å². The molecule has 0 saturated heterocycles. The molecule has 1 fully saturated rings. The number of hydrogen-bond donors (Lipinski definition) is 1. The number of anilines is 1. The molecular weight excluding hydrogens is 364 g/mol. The molecule has 0 radical (unpaired) electrons. The molecular formula is C24H30N2O3. The fourth-order valence-corrected chi connectivity index (χ4v) is 3.74. The summed E-state index contributed by atoms with van der Waals surface area (Å²) in [5.74, 6) is 0.362. The van der Waals surface area contributed by atoms with Crippen molar-refractivity contribution in [1.82, 2.24) is 4.90 Å². The minimum atomic E-state index is -0.257. The minimum absolute atomic E-state index is 0.0483. The van der Waals surface area contributed by atoms with Crippen LogP contribution >= 0.6 is 0 Å². The van der Waals surface area contributed by atoms with Gasteiger partial charge in [-0.1, -0.05) is 44.4 Å². The molecule has 2 amide bonds. The Morgan fingerprint density at radius 1 is 1.07 bits per heavy atom. The van der Waals surface area contributed by atoms with Crippen molar-refractivity contribution in [3.05, 3.63) is 59.7 Å². The predicted octanol–water partition coefficient (Wildman–Crippen LogP) is 5.13. The van der Waals surface area contributed by atoms with Crippen molar-refractivity contribution < 1.29 is 14.3 Å². The number of amides is 2. The Balaban J connectivity index is 1.75. The first-order valence-corrected chi connectivity index (χ1v) is 10.5. The highest BCUT2D eigenvalue weighted by atomic mass is 16.5.